The number of hydrogen-bond donors (Lipinski definition) is 1. The van der Waals surface area contributed by atoms with Crippen LogP contribution in [0.15, 0.2) is 52.9 Å². The Morgan fingerprint density at radius 2 is 1.86 bits per heavy atom. The highest BCUT2D eigenvalue weighted by Gasteiger charge is 2.14. The van der Waals surface area contributed by atoms with Crippen molar-refractivity contribution in [2.75, 3.05) is 19.5 Å². The Morgan fingerprint density at radius 1 is 1.11 bits per heavy atom. The van der Waals surface area contributed by atoms with Crippen molar-refractivity contribution in [1.82, 2.24) is 10.2 Å². The van der Waals surface area contributed by atoms with Crippen LogP contribution in [-0.2, 0) is 11.2 Å². The molecule has 0 unspecified atom stereocenters. The Balaban J connectivity index is 1.58. The van der Waals surface area contributed by atoms with E-state index in [1.165, 1.54) is 16.9 Å². The van der Waals surface area contributed by atoms with E-state index in [4.69, 9.17) is 9.47 Å². The summed E-state index contributed by atoms with van der Waals surface area (Å²) < 4.78 is 11.3. The Hall–Kier alpha value is -2.58. The summed E-state index contributed by atoms with van der Waals surface area (Å²) in [5.74, 6) is 1.07. The van der Waals surface area contributed by atoms with Crippen molar-refractivity contribution in [3.8, 4) is 11.5 Å². The number of methoxy groups -OCH3 is 2. The molecule has 6 nitrogen and oxygen atoms in total. The predicted octanol–water partition coefficient (Wildman–Crippen LogP) is 4.59. The second kappa shape index (κ2) is 9.57. The monoisotopic (exact) mass is 415 g/mol. The lowest BCUT2D eigenvalue weighted by Crippen LogP contribution is -2.14. The third-order valence-electron chi connectivity index (χ3n) is 4.01. The SMILES string of the molecule is COc1ccc(CC(=O)Nc2nnc(S[C@H](C)c3ccccc3)s2)cc1OC. The van der Waals surface area contributed by atoms with Gasteiger partial charge in [-0.1, -0.05) is 59.5 Å². The zero-order valence-corrected chi connectivity index (χ0v) is 17.5. The lowest BCUT2D eigenvalue weighted by molar-refractivity contribution is -0.115. The molecule has 1 amide bonds. The largest absolute Gasteiger partial charge is 0.493 e. The zero-order chi connectivity index (χ0) is 19.9. The fourth-order valence-electron chi connectivity index (χ4n) is 2.59. The van der Waals surface area contributed by atoms with Gasteiger partial charge in [-0.05, 0) is 30.2 Å². The van der Waals surface area contributed by atoms with Crippen LogP contribution in [0.4, 0.5) is 5.13 Å². The van der Waals surface area contributed by atoms with Gasteiger partial charge in [0.2, 0.25) is 11.0 Å². The normalized spacial score (nSPS) is 11.7. The molecule has 2 aromatic carbocycles. The minimum atomic E-state index is -0.156. The van der Waals surface area contributed by atoms with Gasteiger partial charge in [0.05, 0.1) is 20.6 Å². The van der Waals surface area contributed by atoms with Crippen molar-refractivity contribution in [3.05, 3.63) is 59.7 Å². The molecule has 1 heterocycles. The summed E-state index contributed by atoms with van der Waals surface area (Å²) in [6.07, 6.45) is 0.211. The highest BCUT2D eigenvalue weighted by atomic mass is 32.2. The number of nitrogens with one attached hydrogen (secondary N) is 1. The first-order chi connectivity index (χ1) is 13.6. The molecule has 0 aliphatic heterocycles. The summed E-state index contributed by atoms with van der Waals surface area (Å²) in [6.45, 7) is 2.12. The first-order valence-electron chi connectivity index (χ1n) is 8.65. The van der Waals surface area contributed by atoms with Crippen LogP contribution >= 0.6 is 23.1 Å². The third kappa shape index (κ3) is 5.24. The predicted molar refractivity (Wildman–Crippen MR) is 113 cm³/mol. The maximum absolute atomic E-state index is 12.3. The summed E-state index contributed by atoms with van der Waals surface area (Å²) in [4.78, 5) is 12.3. The molecular weight excluding hydrogens is 394 g/mol. The molecule has 0 fully saturated rings. The van der Waals surface area contributed by atoms with Gasteiger partial charge in [-0.2, -0.15) is 0 Å². The number of nitrogens with zero attached hydrogens (tertiary/aromatic N) is 2. The lowest BCUT2D eigenvalue weighted by Gasteiger charge is -2.09. The fraction of sp³-hybridized carbons (Fsp3) is 0.250. The van der Waals surface area contributed by atoms with Crippen molar-refractivity contribution >= 4 is 34.1 Å². The third-order valence-corrected chi connectivity index (χ3v) is 6.09. The maximum atomic E-state index is 12.3. The van der Waals surface area contributed by atoms with Crippen LogP contribution in [0.5, 0.6) is 11.5 Å². The van der Waals surface area contributed by atoms with E-state index in [1.54, 1.807) is 38.1 Å². The Morgan fingerprint density at radius 3 is 2.57 bits per heavy atom. The second-order valence-corrected chi connectivity index (χ2v) is 8.52. The van der Waals surface area contributed by atoms with Crippen LogP contribution in [0.2, 0.25) is 0 Å². The van der Waals surface area contributed by atoms with Crippen molar-refractivity contribution in [3.63, 3.8) is 0 Å². The van der Waals surface area contributed by atoms with E-state index < -0.39 is 0 Å². The quantitative estimate of drug-likeness (QED) is 0.428. The van der Waals surface area contributed by atoms with Gasteiger partial charge in [0, 0.05) is 5.25 Å². The van der Waals surface area contributed by atoms with Gasteiger partial charge in [0.15, 0.2) is 15.8 Å². The molecule has 146 valence electrons. The second-order valence-electron chi connectivity index (χ2n) is 5.96. The van der Waals surface area contributed by atoms with Crippen LogP contribution in [0.3, 0.4) is 0 Å². The molecule has 3 rings (SSSR count). The molecule has 0 saturated carbocycles. The van der Waals surface area contributed by atoms with Crippen LogP contribution < -0.4 is 14.8 Å². The first kappa shape index (κ1) is 20.2. The molecule has 0 aliphatic carbocycles. The molecule has 0 radical (unpaired) electrons. The number of anilines is 1. The summed E-state index contributed by atoms with van der Waals surface area (Å²) in [5.41, 5.74) is 2.05. The topological polar surface area (TPSA) is 73.3 Å². The molecule has 28 heavy (non-hydrogen) atoms. The van der Waals surface area contributed by atoms with Crippen molar-refractivity contribution < 1.29 is 14.3 Å². The number of ether oxygens (including phenoxy) is 2. The average Bonchev–Trinajstić information content (AvgIpc) is 3.14. The fourth-order valence-corrected chi connectivity index (χ4v) is 4.63. The van der Waals surface area contributed by atoms with Gasteiger partial charge in [-0.3, -0.25) is 4.79 Å². The molecule has 0 aliphatic rings. The van der Waals surface area contributed by atoms with Crippen molar-refractivity contribution in [2.24, 2.45) is 0 Å². The molecule has 0 bridgehead atoms. The number of carbonyl (C=O) groups excluding carboxylic acids is 1. The van der Waals surface area contributed by atoms with E-state index in [9.17, 15) is 4.79 Å². The molecule has 1 atom stereocenters. The molecule has 0 saturated heterocycles. The zero-order valence-electron chi connectivity index (χ0n) is 15.8. The van der Waals surface area contributed by atoms with Crippen molar-refractivity contribution in [2.45, 2.75) is 22.9 Å². The van der Waals surface area contributed by atoms with E-state index in [0.717, 1.165) is 9.90 Å². The van der Waals surface area contributed by atoms with Crippen LogP contribution in [0.25, 0.3) is 0 Å². The highest BCUT2D eigenvalue weighted by Crippen LogP contribution is 2.37. The van der Waals surface area contributed by atoms with E-state index in [2.05, 4.69) is 34.6 Å². The number of hydrogen-bond acceptors (Lipinski definition) is 7. The Labute approximate surface area is 172 Å². The van der Waals surface area contributed by atoms with Gasteiger partial charge >= 0.3 is 0 Å². The molecule has 8 heteroatoms. The number of aromatic nitrogens is 2. The van der Waals surface area contributed by atoms with Gasteiger partial charge in [0.25, 0.3) is 0 Å². The lowest BCUT2D eigenvalue weighted by atomic mass is 10.1. The minimum absolute atomic E-state index is 0.156. The van der Waals surface area contributed by atoms with Gasteiger partial charge in [0.1, 0.15) is 0 Å². The Kier molecular flexibility index (Phi) is 6.89. The van der Waals surface area contributed by atoms with Gasteiger partial charge in [-0.15, -0.1) is 10.2 Å². The van der Waals surface area contributed by atoms with Crippen LogP contribution in [-0.4, -0.2) is 30.3 Å². The standard InChI is InChI=1S/C20H21N3O3S2/c1-13(15-7-5-4-6-8-15)27-20-23-22-19(28-20)21-18(24)12-14-9-10-16(25-2)17(11-14)26-3/h4-11,13H,12H2,1-3H3,(H,21,22,24)/t13-/m1/s1. The average molecular weight is 416 g/mol. The molecule has 1 aromatic heterocycles. The van der Waals surface area contributed by atoms with E-state index in [-0.39, 0.29) is 17.6 Å². The van der Waals surface area contributed by atoms with Crippen molar-refractivity contribution in [1.29, 1.82) is 0 Å². The van der Waals surface area contributed by atoms with E-state index >= 15 is 0 Å². The molecule has 0 spiro atoms. The number of carbonyl (C=O) groups is 1. The maximum Gasteiger partial charge on any atom is 0.230 e. The highest BCUT2D eigenvalue weighted by molar-refractivity contribution is 8.01. The first-order valence-corrected chi connectivity index (χ1v) is 10.3. The summed E-state index contributed by atoms with van der Waals surface area (Å²) in [5, 5.41) is 11.8. The summed E-state index contributed by atoms with van der Waals surface area (Å²) in [7, 11) is 3.15. The van der Waals surface area contributed by atoms with Crippen LogP contribution in [0, 0.1) is 0 Å². The number of benzene rings is 2. The van der Waals surface area contributed by atoms with Crippen LogP contribution in [0.1, 0.15) is 23.3 Å². The van der Waals surface area contributed by atoms with E-state index in [1.807, 2.05) is 24.3 Å². The summed E-state index contributed by atoms with van der Waals surface area (Å²) >= 11 is 2.99. The van der Waals surface area contributed by atoms with Gasteiger partial charge < -0.3 is 14.8 Å². The smallest absolute Gasteiger partial charge is 0.230 e. The van der Waals surface area contributed by atoms with Gasteiger partial charge in [-0.25, -0.2) is 0 Å². The molecule has 1 N–H and O–H groups in total. The minimum Gasteiger partial charge on any atom is -0.493 e. The van der Waals surface area contributed by atoms with E-state index in [0.29, 0.717) is 16.6 Å². The molecule has 3 aromatic rings. The number of rotatable bonds is 8. The Bertz CT molecular complexity index is 931. The summed E-state index contributed by atoms with van der Waals surface area (Å²) in [6, 6.07) is 15.6. The number of amides is 1. The number of thioether (sulfide) groups is 1. The molecular formula is C20H21N3O3S2.